The summed E-state index contributed by atoms with van der Waals surface area (Å²) in [6, 6.07) is 1.66. The molecule has 2 aromatic rings. The van der Waals surface area contributed by atoms with Crippen molar-refractivity contribution in [3.8, 4) is 0 Å². The van der Waals surface area contributed by atoms with Gasteiger partial charge in [-0.15, -0.1) is 11.3 Å². The fourth-order valence-corrected chi connectivity index (χ4v) is 2.89. The lowest BCUT2D eigenvalue weighted by atomic mass is 10.1. The highest BCUT2D eigenvalue weighted by Gasteiger charge is 2.14. The van der Waals surface area contributed by atoms with E-state index in [0.29, 0.717) is 18.5 Å². The fourth-order valence-electron chi connectivity index (χ4n) is 1.96. The summed E-state index contributed by atoms with van der Waals surface area (Å²) in [5.74, 6) is -1.18. The van der Waals surface area contributed by atoms with Gasteiger partial charge in [0.15, 0.2) is 0 Å². The smallest absolute Gasteiger partial charge is 0.341 e. The molecule has 0 radical (unpaired) electrons. The standard InChI is InChI=1S/C14H16N2O3S/c1-8-4-6-16(13(17)12(8)14(18)19)7-5-11-15-9(2)10(3)20-11/h4,6H,5,7H2,1-3H3,(H,18,19). The van der Waals surface area contributed by atoms with Gasteiger partial charge >= 0.3 is 5.97 Å². The number of carboxylic acid groups (broad SMARTS) is 1. The SMILES string of the molecule is Cc1ccn(CCc2nc(C)c(C)s2)c(=O)c1C(=O)O. The monoisotopic (exact) mass is 292 g/mol. The Kier molecular flexibility index (Phi) is 4.04. The zero-order valence-corrected chi connectivity index (χ0v) is 12.5. The number of hydrogen-bond donors (Lipinski definition) is 1. The Morgan fingerprint density at radius 3 is 2.65 bits per heavy atom. The van der Waals surface area contributed by atoms with Crippen molar-refractivity contribution in [2.24, 2.45) is 0 Å². The molecule has 0 atom stereocenters. The second-order valence-electron chi connectivity index (χ2n) is 4.68. The minimum absolute atomic E-state index is 0.154. The molecule has 106 valence electrons. The van der Waals surface area contributed by atoms with Crippen molar-refractivity contribution in [2.75, 3.05) is 0 Å². The highest BCUT2D eigenvalue weighted by atomic mass is 32.1. The van der Waals surface area contributed by atoms with Crippen molar-refractivity contribution in [3.63, 3.8) is 0 Å². The normalized spacial score (nSPS) is 10.8. The Labute approximate surface area is 120 Å². The van der Waals surface area contributed by atoms with Crippen LogP contribution in [0.4, 0.5) is 0 Å². The molecule has 0 fully saturated rings. The average molecular weight is 292 g/mol. The van der Waals surface area contributed by atoms with E-state index < -0.39 is 11.5 Å². The number of aromatic carboxylic acids is 1. The zero-order chi connectivity index (χ0) is 14.9. The molecular weight excluding hydrogens is 276 g/mol. The van der Waals surface area contributed by atoms with E-state index in [1.165, 1.54) is 9.44 Å². The predicted octanol–water partition coefficient (Wildman–Crippen LogP) is 2.17. The molecule has 1 N–H and O–H groups in total. The minimum Gasteiger partial charge on any atom is -0.477 e. The Hall–Kier alpha value is -1.95. The van der Waals surface area contributed by atoms with E-state index in [0.717, 1.165) is 10.7 Å². The summed E-state index contributed by atoms with van der Waals surface area (Å²) in [4.78, 5) is 28.8. The first-order valence-electron chi connectivity index (χ1n) is 6.26. The van der Waals surface area contributed by atoms with Crippen molar-refractivity contribution in [1.29, 1.82) is 0 Å². The number of nitrogens with zero attached hydrogens (tertiary/aromatic N) is 2. The number of hydrogen-bond acceptors (Lipinski definition) is 4. The van der Waals surface area contributed by atoms with Gasteiger partial charge in [0.05, 0.1) is 10.7 Å². The lowest BCUT2D eigenvalue weighted by molar-refractivity contribution is 0.0693. The van der Waals surface area contributed by atoms with E-state index in [4.69, 9.17) is 5.11 Å². The van der Waals surface area contributed by atoms with E-state index in [1.54, 1.807) is 30.5 Å². The van der Waals surface area contributed by atoms with Gasteiger partial charge in [0.25, 0.3) is 5.56 Å². The number of thiazole rings is 1. The van der Waals surface area contributed by atoms with Crippen molar-refractivity contribution in [3.05, 3.63) is 49.3 Å². The number of carboxylic acids is 1. The van der Waals surface area contributed by atoms with Crippen LogP contribution in [0.1, 0.15) is 31.5 Å². The molecule has 0 aliphatic rings. The Morgan fingerprint density at radius 1 is 1.40 bits per heavy atom. The second-order valence-corrected chi connectivity index (χ2v) is 5.96. The van der Waals surface area contributed by atoms with Crippen LogP contribution < -0.4 is 5.56 Å². The lowest BCUT2D eigenvalue weighted by Crippen LogP contribution is -2.27. The predicted molar refractivity (Wildman–Crippen MR) is 77.7 cm³/mol. The minimum atomic E-state index is -1.18. The summed E-state index contributed by atoms with van der Waals surface area (Å²) in [6.45, 7) is 6.03. The van der Waals surface area contributed by atoms with E-state index >= 15 is 0 Å². The van der Waals surface area contributed by atoms with Gasteiger partial charge in [0.2, 0.25) is 0 Å². The summed E-state index contributed by atoms with van der Waals surface area (Å²) in [5.41, 5.74) is 0.883. The van der Waals surface area contributed by atoms with Crippen molar-refractivity contribution >= 4 is 17.3 Å². The molecule has 2 heterocycles. The van der Waals surface area contributed by atoms with E-state index in [2.05, 4.69) is 4.98 Å². The molecule has 0 bridgehead atoms. The fraction of sp³-hybridized carbons (Fsp3) is 0.357. The van der Waals surface area contributed by atoms with Crippen LogP contribution in [-0.2, 0) is 13.0 Å². The molecule has 2 rings (SSSR count). The average Bonchev–Trinajstić information content (AvgIpc) is 2.67. The van der Waals surface area contributed by atoms with Gasteiger partial charge in [-0.2, -0.15) is 0 Å². The molecule has 6 heteroatoms. The molecule has 0 aliphatic heterocycles. The lowest BCUT2D eigenvalue weighted by Gasteiger charge is -2.07. The Morgan fingerprint density at radius 2 is 2.10 bits per heavy atom. The molecule has 0 unspecified atom stereocenters. The topological polar surface area (TPSA) is 72.2 Å². The number of pyridine rings is 1. The van der Waals surface area contributed by atoms with Crippen molar-refractivity contribution in [2.45, 2.75) is 33.7 Å². The Bertz CT molecular complexity index is 696. The summed E-state index contributed by atoms with van der Waals surface area (Å²) in [7, 11) is 0. The highest BCUT2D eigenvalue weighted by molar-refractivity contribution is 7.11. The third-order valence-corrected chi connectivity index (χ3v) is 4.36. The first kappa shape index (κ1) is 14.5. The Balaban J connectivity index is 2.24. The first-order chi connectivity index (χ1) is 9.40. The van der Waals surface area contributed by atoms with Crippen LogP contribution >= 0.6 is 11.3 Å². The second kappa shape index (κ2) is 5.58. The quantitative estimate of drug-likeness (QED) is 0.937. The number of carbonyl (C=O) groups is 1. The van der Waals surface area contributed by atoms with Crippen LogP contribution in [0.5, 0.6) is 0 Å². The van der Waals surface area contributed by atoms with Crippen molar-refractivity contribution < 1.29 is 9.90 Å². The molecule has 0 saturated carbocycles. The van der Waals surface area contributed by atoms with Crippen LogP contribution in [0, 0.1) is 20.8 Å². The third-order valence-electron chi connectivity index (χ3n) is 3.23. The largest absolute Gasteiger partial charge is 0.477 e. The van der Waals surface area contributed by atoms with Crippen molar-refractivity contribution in [1.82, 2.24) is 9.55 Å². The van der Waals surface area contributed by atoms with Gasteiger partial charge in [-0.25, -0.2) is 9.78 Å². The summed E-state index contributed by atoms with van der Waals surface area (Å²) < 4.78 is 1.43. The molecule has 20 heavy (non-hydrogen) atoms. The van der Waals surface area contributed by atoms with Crippen LogP contribution in [0.15, 0.2) is 17.1 Å². The molecule has 2 aromatic heterocycles. The van der Waals surface area contributed by atoms with Crippen LogP contribution in [0.25, 0.3) is 0 Å². The summed E-state index contributed by atoms with van der Waals surface area (Å²) >= 11 is 1.61. The van der Waals surface area contributed by atoms with Gasteiger partial charge in [0.1, 0.15) is 5.56 Å². The van der Waals surface area contributed by atoms with E-state index in [-0.39, 0.29) is 5.56 Å². The molecule has 5 nitrogen and oxygen atoms in total. The zero-order valence-electron chi connectivity index (χ0n) is 11.6. The van der Waals surface area contributed by atoms with Gasteiger partial charge in [-0.05, 0) is 32.4 Å². The molecule has 0 spiro atoms. The molecular formula is C14H16N2O3S. The number of aryl methyl sites for hydroxylation is 5. The van der Waals surface area contributed by atoms with Gasteiger partial charge in [-0.1, -0.05) is 0 Å². The third kappa shape index (κ3) is 2.80. The van der Waals surface area contributed by atoms with Crippen LogP contribution in [-0.4, -0.2) is 20.6 Å². The molecule has 0 aromatic carbocycles. The highest BCUT2D eigenvalue weighted by Crippen LogP contribution is 2.17. The van der Waals surface area contributed by atoms with Crippen LogP contribution in [0.2, 0.25) is 0 Å². The molecule has 0 aliphatic carbocycles. The summed E-state index contributed by atoms with van der Waals surface area (Å²) in [5, 5.41) is 10.0. The van der Waals surface area contributed by atoms with Crippen LogP contribution in [0.3, 0.4) is 0 Å². The molecule has 0 amide bonds. The summed E-state index contributed by atoms with van der Waals surface area (Å²) in [6.07, 6.45) is 2.26. The maximum absolute atomic E-state index is 12.1. The number of aromatic nitrogens is 2. The maximum Gasteiger partial charge on any atom is 0.341 e. The van der Waals surface area contributed by atoms with Gasteiger partial charge < -0.3 is 9.67 Å². The molecule has 0 saturated heterocycles. The first-order valence-corrected chi connectivity index (χ1v) is 7.08. The maximum atomic E-state index is 12.1. The number of rotatable bonds is 4. The van der Waals surface area contributed by atoms with E-state index in [9.17, 15) is 9.59 Å². The van der Waals surface area contributed by atoms with Gasteiger partial charge in [-0.3, -0.25) is 4.79 Å². The van der Waals surface area contributed by atoms with E-state index in [1.807, 2.05) is 13.8 Å². The van der Waals surface area contributed by atoms with Gasteiger partial charge in [0, 0.05) is 24.0 Å².